The number of oxime groups is 1. The molecule has 27 heavy (non-hydrogen) atoms. The lowest BCUT2D eigenvalue weighted by molar-refractivity contribution is -0.895. The first kappa shape index (κ1) is 16.3. The lowest BCUT2D eigenvalue weighted by Gasteiger charge is -2.19. The monoisotopic (exact) mass is 379 g/mol. The number of aromatic nitrogens is 4. The van der Waals surface area contributed by atoms with Crippen molar-refractivity contribution < 1.29 is 9.74 Å². The van der Waals surface area contributed by atoms with Gasteiger partial charge in [0.05, 0.1) is 30.1 Å². The third-order valence-electron chi connectivity index (χ3n) is 4.79. The predicted molar refractivity (Wildman–Crippen MR) is 104 cm³/mol. The first-order valence-corrected chi connectivity index (χ1v) is 9.76. The van der Waals surface area contributed by atoms with E-state index in [4.69, 9.17) is 9.82 Å². The molecule has 4 heterocycles. The van der Waals surface area contributed by atoms with E-state index in [-0.39, 0.29) is 6.61 Å². The van der Waals surface area contributed by atoms with Gasteiger partial charge in [-0.1, -0.05) is 35.5 Å². The summed E-state index contributed by atoms with van der Waals surface area (Å²) in [6.07, 6.45) is 4.48. The molecule has 0 spiro atoms. The molecular formula is C19H19N6OS+. The minimum absolute atomic E-state index is 0.228. The van der Waals surface area contributed by atoms with Crippen molar-refractivity contribution in [2.24, 2.45) is 5.16 Å². The zero-order valence-corrected chi connectivity index (χ0v) is 15.7. The van der Waals surface area contributed by atoms with E-state index < -0.39 is 0 Å². The molecule has 0 amide bonds. The third-order valence-corrected chi connectivity index (χ3v) is 5.93. The molecule has 8 heteroatoms. The van der Waals surface area contributed by atoms with E-state index in [9.17, 15) is 0 Å². The van der Waals surface area contributed by atoms with Crippen LogP contribution in [0.25, 0.3) is 15.9 Å². The Morgan fingerprint density at radius 2 is 2.22 bits per heavy atom. The number of thiophene rings is 1. The summed E-state index contributed by atoms with van der Waals surface area (Å²) in [5, 5.41) is 9.65. The van der Waals surface area contributed by atoms with Crippen molar-refractivity contribution in [1.29, 1.82) is 0 Å². The summed E-state index contributed by atoms with van der Waals surface area (Å²) in [4.78, 5) is 18.7. The average molecular weight is 379 g/mol. The number of rotatable bonds is 4. The largest absolute Gasteiger partial charge is 0.387 e. The number of hydrogen-bond acceptors (Lipinski definition) is 6. The van der Waals surface area contributed by atoms with Crippen molar-refractivity contribution in [3.8, 4) is 0 Å². The minimum Gasteiger partial charge on any atom is -0.387 e. The van der Waals surface area contributed by atoms with Crippen molar-refractivity contribution in [2.75, 3.05) is 13.6 Å². The van der Waals surface area contributed by atoms with Gasteiger partial charge in [0, 0.05) is 6.42 Å². The molecule has 3 aromatic heterocycles. The van der Waals surface area contributed by atoms with Gasteiger partial charge in [0.2, 0.25) is 0 Å². The maximum atomic E-state index is 5.38. The lowest BCUT2D eigenvalue weighted by atomic mass is 10.1. The second-order valence-electron chi connectivity index (χ2n) is 6.78. The van der Waals surface area contributed by atoms with Crippen LogP contribution in [-0.4, -0.2) is 39.4 Å². The Hall–Kier alpha value is -2.84. The van der Waals surface area contributed by atoms with E-state index >= 15 is 0 Å². The molecule has 7 nitrogen and oxygen atoms in total. The van der Waals surface area contributed by atoms with Gasteiger partial charge >= 0.3 is 0 Å². The number of nitrogens with zero attached hydrogens (tertiary/aromatic N) is 5. The van der Waals surface area contributed by atoms with E-state index in [0.717, 1.165) is 40.9 Å². The van der Waals surface area contributed by atoms with Gasteiger partial charge in [-0.25, -0.2) is 14.5 Å². The van der Waals surface area contributed by atoms with Crippen LogP contribution in [0.1, 0.15) is 21.8 Å². The fourth-order valence-corrected chi connectivity index (χ4v) is 4.74. The summed E-state index contributed by atoms with van der Waals surface area (Å²) < 4.78 is 1.75. The molecule has 0 aliphatic carbocycles. The SMILES string of the molecule is C[NH+]1CCc2c(sc3ncn4nc(CO/N=C\c5ccccc5)nc4c23)C1. The van der Waals surface area contributed by atoms with Crippen LogP contribution in [0, 0.1) is 0 Å². The van der Waals surface area contributed by atoms with Crippen molar-refractivity contribution in [2.45, 2.75) is 19.6 Å². The Balaban J connectivity index is 1.42. The van der Waals surface area contributed by atoms with Gasteiger partial charge in [-0.05, 0) is 11.1 Å². The highest BCUT2D eigenvalue weighted by Gasteiger charge is 2.24. The first-order valence-electron chi connectivity index (χ1n) is 8.94. The summed E-state index contributed by atoms with van der Waals surface area (Å²) in [7, 11) is 2.23. The number of fused-ring (bicyclic) bond motifs is 5. The zero-order chi connectivity index (χ0) is 18.2. The lowest BCUT2D eigenvalue weighted by Crippen LogP contribution is -3.08. The molecule has 5 rings (SSSR count). The molecule has 1 aliphatic heterocycles. The number of likely N-dealkylation sites (N-methyl/N-ethyl adjacent to an activating group) is 1. The van der Waals surface area contributed by atoms with Crippen LogP contribution in [0.15, 0.2) is 41.8 Å². The topological polar surface area (TPSA) is 69.1 Å². The van der Waals surface area contributed by atoms with E-state index in [1.54, 1.807) is 28.4 Å². The second-order valence-corrected chi connectivity index (χ2v) is 7.86. The molecule has 1 atom stereocenters. The molecule has 0 bridgehead atoms. The maximum absolute atomic E-state index is 5.38. The molecule has 0 fully saturated rings. The maximum Gasteiger partial charge on any atom is 0.192 e. The first-order chi connectivity index (χ1) is 13.3. The summed E-state index contributed by atoms with van der Waals surface area (Å²) in [6, 6.07) is 9.83. The van der Waals surface area contributed by atoms with Crippen LogP contribution >= 0.6 is 11.3 Å². The minimum atomic E-state index is 0.228. The van der Waals surface area contributed by atoms with Crippen LogP contribution in [0.3, 0.4) is 0 Å². The van der Waals surface area contributed by atoms with Crippen LogP contribution in [0.2, 0.25) is 0 Å². The van der Waals surface area contributed by atoms with Crippen molar-refractivity contribution in [3.63, 3.8) is 0 Å². The number of hydrogen-bond donors (Lipinski definition) is 1. The van der Waals surface area contributed by atoms with Crippen molar-refractivity contribution in [1.82, 2.24) is 19.6 Å². The third kappa shape index (κ3) is 3.07. The quantitative estimate of drug-likeness (QED) is 0.431. The second kappa shape index (κ2) is 6.71. The van der Waals surface area contributed by atoms with E-state index in [1.807, 2.05) is 30.3 Å². The zero-order valence-electron chi connectivity index (χ0n) is 14.9. The fraction of sp³-hybridized carbons (Fsp3) is 0.263. The molecule has 1 aromatic carbocycles. The van der Waals surface area contributed by atoms with Crippen LogP contribution in [0.5, 0.6) is 0 Å². The molecule has 1 aliphatic rings. The predicted octanol–water partition coefficient (Wildman–Crippen LogP) is 1.46. The average Bonchev–Trinajstić information content (AvgIpc) is 3.25. The van der Waals surface area contributed by atoms with Gasteiger partial charge in [0.15, 0.2) is 18.1 Å². The molecular weight excluding hydrogens is 360 g/mol. The molecule has 1 unspecified atom stereocenters. The summed E-state index contributed by atoms with van der Waals surface area (Å²) in [5.74, 6) is 0.605. The molecule has 4 aromatic rings. The van der Waals surface area contributed by atoms with Gasteiger partial charge in [0.25, 0.3) is 0 Å². The molecule has 136 valence electrons. The number of quaternary nitrogens is 1. The standard InChI is InChI=1S/C19H18N6OS/c1-24-8-7-14-15(10-24)27-19-17(14)18-22-16(23-25(18)12-20-19)11-26-21-9-13-5-3-2-4-6-13/h2-6,9,12H,7-8,10-11H2,1H3/p+1/b21-9-. The van der Waals surface area contributed by atoms with Gasteiger partial charge in [0.1, 0.15) is 17.7 Å². The Morgan fingerprint density at radius 3 is 3.11 bits per heavy atom. The van der Waals surface area contributed by atoms with E-state index in [2.05, 4.69) is 22.3 Å². The highest BCUT2D eigenvalue weighted by atomic mass is 32.1. The van der Waals surface area contributed by atoms with Crippen LogP contribution < -0.4 is 4.90 Å². The highest BCUT2D eigenvalue weighted by molar-refractivity contribution is 7.19. The number of nitrogens with one attached hydrogen (secondary N) is 1. The van der Waals surface area contributed by atoms with Crippen LogP contribution in [0.4, 0.5) is 0 Å². The van der Waals surface area contributed by atoms with Gasteiger partial charge < -0.3 is 9.74 Å². The van der Waals surface area contributed by atoms with Gasteiger partial charge in [-0.3, -0.25) is 0 Å². The fourth-order valence-electron chi connectivity index (χ4n) is 3.45. The van der Waals surface area contributed by atoms with Gasteiger partial charge in [-0.2, -0.15) is 0 Å². The number of benzene rings is 1. The smallest absolute Gasteiger partial charge is 0.192 e. The van der Waals surface area contributed by atoms with Crippen molar-refractivity contribution in [3.05, 3.63) is 58.5 Å². The summed E-state index contributed by atoms with van der Waals surface area (Å²) >= 11 is 1.78. The summed E-state index contributed by atoms with van der Waals surface area (Å²) in [6.45, 7) is 2.42. The Bertz CT molecular complexity index is 1130. The summed E-state index contributed by atoms with van der Waals surface area (Å²) in [5.41, 5.74) is 3.24. The van der Waals surface area contributed by atoms with Crippen molar-refractivity contribution >= 4 is 33.4 Å². The van der Waals surface area contributed by atoms with Crippen LogP contribution in [-0.2, 0) is 24.4 Å². The molecule has 0 radical (unpaired) electrons. The Kier molecular flexibility index (Phi) is 4.06. The molecule has 0 saturated carbocycles. The molecule has 1 N–H and O–H groups in total. The Morgan fingerprint density at radius 1 is 1.33 bits per heavy atom. The van der Waals surface area contributed by atoms with E-state index in [1.165, 1.54) is 15.3 Å². The van der Waals surface area contributed by atoms with E-state index in [0.29, 0.717) is 5.82 Å². The van der Waals surface area contributed by atoms with Gasteiger partial charge in [-0.15, -0.1) is 16.4 Å². The highest BCUT2D eigenvalue weighted by Crippen LogP contribution is 2.33. The Labute approximate surface area is 159 Å². The molecule has 0 saturated heterocycles. The normalized spacial score (nSPS) is 17.0.